The molecule has 1 aromatic rings. The summed E-state index contributed by atoms with van der Waals surface area (Å²) in [5.74, 6) is 1.01. The third kappa shape index (κ3) is 7.35. The van der Waals surface area contributed by atoms with Gasteiger partial charge in [-0.2, -0.15) is 0 Å². The number of likely N-dealkylation sites (tertiary alicyclic amines) is 1. The molecule has 6 nitrogen and oxygen atoms in total. The molecule has 0 aliphatic carbocycles. The SMILES string of the molecule is CC1CCCN(C(N)=NCCS(=O)(=O)NCc2ccccc2)C1.I. The zero-order chi connectivity index (χ0) is 16.7. The number of nitrogens with two attached hydrogens (primary N) is 1. The molecular weight excluding hydrogens is 439 g/mol. The molecule has 24 heavy (non-hydrogen) atoms. The van der Waals surface area contributed by atoms with Crippen LogP contribution in [-0.2, 0) is 16.6 Å². The largest absolute Gasteiger partial charge is 0.370 e. The fraction of sp³-hybridized carbons (Fsp3) is 0.562. The van der Waals surface area contributed by atoms with Gasteiger partial charge in [0.05, 0.1) is 12.3 Å². The maximum Gasteiger partial charge on any atom is 0.213 e. The van der Waals surface area contributed by atoms with E-state index in [1.54, 1.807) is 0 Å². The van der Waals surface area contributed by atoms with Gasteiger partial charge in [-0.25, -0.2) is 13.1 Å². The monoisotopic (exact) mass is 466 g/mol. The smallest absolute Gasteiger partial charge is 0.213 e. The van der Waals surface area contributed by atoms with Crippen LogP contribution in [0.4, 0.5) is 0 Å². The molecule has 1 fully saturated rings. The van der Waals surface area contributed by atoms with Crippen molar-refractivity contribution in [3.8, 4) is 0 Å². The second kappa shape index (κ2) is 10.2. The molecule has 1 aliphatic rings. The molecule has 0 amide bonds. The van der Waals surface area contributed by atoms with E-state index < -0.39 is 10.0 Å². The van der Waals surface area contributed by atoms with Crippen molar-refractivity contribution in [1.29, 1.82) is 0 Å². The number of piperidine rings is 1. The second-order valence-corrected chi connectivity index (χ2v) is 7.99. The van der Waals surface area contributed by atoms with Crippen LogP contribution >= 0.6 is 24.0 Å². The summed E-state index contributed by atoms with van der Waals surface area (Å²) in [5, 5.41) is 0. The van der Waals surface area contributed by atoms with Gasteiger partial charge in [0.2, 0.25) is 10.0 Å². The molecule has 1 saturated heterocycles. The predicted octanol–water partition coefficient (Wildman–Crippen LogP) is 1.77. The molecule has 1 aliphatic heterocycles. The first-order valence-electron chi connectivity index (χ1n) is 8.02. The van der Waals surface area contributed by atoms with Gasteiger partial charge in [-0.05, 0) is 24.3 Å². The van der Waals surface area contributed by atoms with Crippen LogP contribution in [0.2, 0.25) is 0 Å². The third-order valence-electron chi connectivity index (χ3n) is 3.95. The molecule has 1 unspecified atom stereocenters. The Morgan fingerprint density at radius 1 is 1.38 bits per heavy atom. The number of benzene rings is 1. The van der Waals surface area contributed by atoms with Crippen LogP contribution in [0.3, 0.4) is 0 Å². The summed E-state index contributed by atoms with van der Waals surface area (Å²) in [7, 11) is -3.35. The van der Waals surface area contributed by atoms with Crippen molar-refractivity contribution in [1.82, 2.24) is 9.62 Å². The molecule has 1 aromatic carbocycles. The highest BCUT2D eigenvalue weighted by molar-refractivity contribution is 14.0. The fourth-order valence-electron chi connectivity index (χ4n) is 2.64. The molecular formula is C16H27IN4O2S. The van der Waals surface area contributed by atoms with E-state index in [0.29, 0.717) is 18.4 Å². The first-order chi connectivity index (χ1) is 11.0. The minimum Gasteiger partial charge on any atom is -0.370 e. The van der Waals surface area contributed by atoms with E-state index >= 15 is 0 Å². The Labute approximate surface area is 162 Å². The molecule has 0 radical (unpaired) electrons. The molecule has 136 valence electrons. The Kier molecular flexibility index (Phi) is 8.99. The van der Waals surface area contributed by atoms with E-state index in [-0.39, 0.29) is 36.3 Å². The van der Waals surface area contributed by atoms with Crippen molar-refractivity contribution >= 4 is 40.0 Å². The maximum atomic E-state index is 12.0. The summed E-state index contributed by atoms with van der Waals surface area (Å²) < 4.78 is 26.5. The van der Waals surface area contributed by atoms with Gasteiger partial charge < -0.3 is 10.6 Å². The zero-order valence-electron chi connectivity index (χ0n) is 14.0. The summed E-state index contributed by atoms with van der Waals surface area (Å²) in [5.41, 5.74) is 6.90. The average Bonchev–Trinajstić information content (AvgIpc) is 2.54. The third-order valence-corrected chi connectivity index (χ3v) is 5.26. The van der Waals surface area contributed by atoms with Crippen LogP contribution in [0.1, 0.15) is 25.3 Å². The zero-order valence-corrected chi connectivity index (χ0v) is 17.2. The minimum absolute atomic E-state index is 0. The van der Waals surface area contributed by atoms with Crippen molar-refractivity contribution in [2.24, 2.45) is 16.6 Å². The lowest BCUT2D eigenvalue weighted by molar-refractivity contribution is 0.270. The lowest BCUT2D eigenvalue weighted by atomic mass is 10.0. The number of hydrogen-bond donors (Lipinski definition) is 2. The Bertz CT molecular complexity index is 622. The lowest BCUT2D eigenvalue weighted by Crippen LogP contribution is -2.43. The summed E-state index contributed by atoms with van der Waals surface area (Å²) in [4.78, 5) is 6.26. The van der Waals surface area contributed by atoms with Gasteiger partial charge in [0.15, 0.2) is 5.96 Å². The highest BCUT2D eigenvalue weighted by Crippen LogP contribution is 2.14. The molecule has 1 heterocycles. The van der Waals surface area contributed by atoms with Gasteiger partial charge in [0.1, 0.15) is 0 Å². The molecule has 8 heteroatoms. The number of sulfonamides is 1. The van der Waals surface area contributed by atoms with Crippen LogP contribution in [0.15, 0.2) is 35.3 Å². The van der Waals surface area contributed by atoms with E-state index in [2.05, 4.69) is 16.6 Å². The Hall–Kier alpha value is -0.870. The van der Waals surface area contributed by atoms with E-state index in [1.165, 1.54) is 6.42 Å². The number of guanidine groups is 1. The second-order valence-electron chi connectivity index (χ2n) is 6.06. The standard InChI is InChI=1S/C16H26N4O2S.HI/c1-14-6-5-10-20(13-14)16(17)18-9-11-23(21,22)19-12-15-7-3-2-4-8-15;/h2-4,7-8,14,19H,5-6,9-13H2,1H3,(H2,17,18);1H. The highest BCUT2D eigenvalue weighted by Gasteiger charge is 2.17. The quantitative estimate of drug-likeness (QED) is 0.380. The van der Waals surface area contributed by atoms with Gasteiger partial charge in [-0.1, -0.05) is 37.3 Å². The van der Waals surface area contributed by atoms with Crippen LogP contribution in [0.25, 0.3) is 0 Å². The first-order valence-corrected chi connectivity index (χ1v) is 9.67. The average molecular weight is 466 g/mol. The molecule has 0 aromatic heterocycles. The number of nitrogens with zero attached hydrogens (tertiary/aromatic N) is 2. The van der Waals surface area contributed by atoms with Crippen LogP contribution in [0, 0.1) is 5.92 Å². The van der Waals surface area contributed by atoms with E-state index in [1.807, 2.05) is 35.2 Å². The summed E-state index contributed by atoms with van der Waals surface area (Å²) in [6.45, 7) is 4.47. The number of halogens is 1. The van der Waals surface area contributed by atoms with Crippen molar-refractivity contribution in [2.45, 2.75) is 26.3 Å². The Morgan fingerprint density at radius 2 is 2.08 bits per heavy atom. The van der Waals surface area contributed by atoms with Gasteiger partial charge >= 0.3 is 0 Å². The first kappa shape index (κ1) is 21.2. The molecule has 0 spiro atoms. The molecule has 0 saturated carbocycles. The lowest BCUT2D eigenvalue weighted by Gasteiger charge is -2.31. The summed E-state index contributed by atoms with van der Waals surface area (Å²) in [6, 6.07) is 9.44. The molecule has 3 N–H and O–H groups in total. The Morgan fingerprint density at radius 3 is 2.75 bits per heavy atom. The van der Waals surface area contributed by atoms with Crippen LogP contribution in [0.5, 0.6) is 0 Å². The maximum absolute atomic E-state index is 12.0. The number of rotatable bonds is 6. The van der Waals surface area contributed by atoms with Crippen LogP contribution in [-0.4, -0.2) is 44.7 Å². The van der Waals surface area contributed by atoms with Crippen molar-refractivity contribution in [3.63, 3.8) is 0 Å². The van der Waals surface area contributed by atoms with E-state index in [9.17, 15) is 8.42 Å². The van der Waals surface area contributed by atoms with Gasteiger partial charge in [0, 0.05) is 19.6 Å². The minimum atomic E-state index is -3.35. The van der Waals surface area contributed by atoms with E-state index in [4.69, 9.17) is 5.73 Å². The van der Waals surface area contributed by atoms with Gasteiger partial charge in [-0.15, -0.1) is 24.0 Å². The Balaban J connectivity index is 0.00000288. The number of hydrogen-bond acceptors (Lipinski definition) is 3. The van der Waals surface area contributed by atoms with Crippen molar-refractivity contribution in [2.75, 3.05) is 25.4 Å². The summed E-state index contributed by atoms with van der Waals surface area (Å²) >= 11 is 0. The summed E-state index contributed by atoms with van der Waals surface area (Å²) in [6.07, 6.45) is 2.32. The van der Waals surface area contributed by atoms with Gasteiger partial charge in [-0.3, -0.25) is 4.99 Å². The topological polar surface area (TPSA) is 87.8 Å². The molecule has 1 atom stereocenters. The van der Waals surface area contributed by atoms with Crippen LogP contribution < -0.4 is 10.5 Å². The molecule has 0 bridgehead atoms. The molecule has 2 rings (SSSR count). The van der Waals surface area contributed by atoms with E-state index in [0.717, 1.165) is 25.1 Å². The fourth-order valence-corrected chi connectivity index (χ4v) is 3.50. The number of nitrogens with one attached hydrogen (secondary N) is 1. The normalized spacial score (nSPS) is 19.0. The van der Waals surface area contributed by atoms with Crippen molar-refractivity contribution < 1.29 is 8.42 Å². The predicted molar refractivity (Wildman–Crippen MR) is 109 cm³/mol. The van der Waals surface area contributed by atoms with Crippen molar-refractivity contribution in [3.05, 3.63) is 35.9 Å². The highest BCUT2D eigenvalue weighted by atomic mass is 127. The van der Waals surface area contributed by atoms with Gasteiger partial charge in [0.25, 0.3) is 0 Å². The number of aliphatic imine (C=N–C) groups is 1.